The first-order chi connectivity index (χ1) is 12.4. The van der Waals surface area contributed by atoms with Crippen molar-refractivity contribution in [3.8, 4) is 0 Å². The van der Waals surface area contributed by atoms with Crippen LogP contribution < -0.4 is 0 Å². The van der Waals surface area contributed by atoms with E-state index in [1.165, 1.54) is 35.4 Å². The van der Waals surface area contributed by atoms with Gasteiger partial charge in [0.2, 0.25) is 0 Å². The smallest absolute Gasteiger partial charge is 0.101 e. The summed E-state index contributed by atoms with van der Waals surface area (Å²) in [5.74, 6) is 0. The third kappa shape index (κ3) is 4.12. The maximum absolute atomic E-state index is 4.70. The Labute approximate surface area is 153 Å². The Bertz CT molecular complexity index is 787. The van der Waals surface area contributed by atoms with E-state index in [2.05, 4.69) is 77.8 Å². The summed E-state index contributed by atoms with van der Waals surface area (Å²) < 4.78 is 0. The average Bonchev–Trinajstić information content (AvgIpc) is 3.12. The number of rotatable bonds is 5. The minimum atomic E-state index is 0.489. The quantitative estimate of drug-likeness (QED) is 0.601. The van der Waals surface area contributed by atoms with Gasteiger partial charge in [-0.25, -0.2) is 4.98 Å². The fraction of sp³-hybridized carbons (Fsp3) is 0.227. The highest BCUT2D eigenvalue weighted by atomic mass is 32.2. The van der Waals surface area contributed by atoms with E-state index in [1.807, 2.05) is 6.07 Å². The van der Waals surface area contributed by atoms with E-state index in [1.54, 1.807) is 11.8 Å². The highest BCUT2D eigenvalue weighted by molar-refractivity contribution is 7.99. The molecule has 0 saturated carbocycles. The largest absolute Gasteiger partial charge is 0.292 e. The summed E-state index contributed by atoms with van der Waals surface area (Å²) in [6, 6.07) is 26.1. The maximum Gasteiger partial charge on any atom is 0.101 e. The summed E-state index contributed by atoms with van der Waals surface area (Å²) in [6.45, 7) is 2.19. The molecule has 3 aromatic rings. The van der Waals surface area contributed by atoms with Crippen LogP contribution in [0.1, 0.15) is 30.0 Å². The number of likely N-dealkylation sites (tertiary alicyclic amines) is 1. The summed E-state index contributed by atoms with van der Waals surface area (Å²) >= 11 is 1.72. The van der Waals surface area contributed by atoms with Crippen molar-refractivity contribution in [2.24, 2.45) is 0 Å². The minimum absolute atomic E-state index is 0.489. The molecule has 2 nitrogen and oxygen atoms in total. The summed E-state index contributed by atoms with van der Waals surface area (Å²) in [6.07, 6.45) is 4.55. The van der Waals surface area contributed by atoms with Gasteiger partial charge in [0.1, 0.15) is 5.03 Å². The molecule has 2 heterocycles. The molecule has 1 aliphatic heterocycles. The van der Waals surface area contributed by atoms with Crippen molar-refractivity contribution in [3.05, 3.63) is 90.1 Å². The SMILES string of the molecule is c1ccc(CN2CCC[C@H]2c2ccc(Sc3ccccc3)nc2)cc1. The highest BCUT2D eigenvalue weighted by Gasteiger charge is 2.26. The number of benzene rings is 2. The summed E-state index contributed by atoms with van der Waals surface area (Å²) in [7, 11) is 0. The molecule has 0 unspecified atom stereocenters. The minimum Gasteiger partial charge on any atom is -0.292 e. The molecule has 25 heavy (non-hydrogen) atoms. The Kier molecular flexibility index (Phi) is 5.14. The Hall–Kier alpha value is -2.10. The number of hydrogen-bond donors (Lipinski definition) is 0. The monoisotopic (exact) mass is 346 g/mol. The lowest BCUT2D eigenvalue weighted by molar-refractivity contribution is 0.248. The van der Waals surface area contributed by atoms with Gasteiger partial charge < -0.3 is 0 Å². The highest BCUT2D eigenvalue weighted by Crippen LogP contribution is 2.34. The first-order valence-electron chi connectivity index (χ1n) is 8.85. The molecule has 0 N–H and O–H groups in total. The summed E-state index contributed by atoms with van der Waals surface area (Å²) in [5.41, 5.74) is 2.73. The van der Waals surface area contributed by atoms with Crippen LogP contribution in [0.4, 0.5) is 0 Å². The normalized spacial score (nSPS) is 17.7. The zero-order chi connectivity index (χ0) is 16.9. The van der Waals surface area contributed by atoms with Crippen LogP contribution in [0, 0.1) is 0 Å². The molecule has 126 valence electrons. The van der Waals surface area contributed by atoms with Gasteiger partial charge in [0, 0.05) is 23.7 Å². The van der Waals surface area contributed by atoms with Gasteiger partial charge in [-0.3, -0.25) is 4.90 Å². The van der Waals surface area contributed by atoms with Gasteiger partial charge >= 0.3 is 0 Å². The lowest BCUT2D eigenvalue weighted by Gasteiger charge is -2.24. The number of pyridine rings is 1. The molecule has 1 saturated heterocycles. The van der Waals surface area contributed by atoms with Crippen LogP contribution in [0.15, 0.2) is 88.9 Å². The van der Waals surface area contributed by atoms with Crippen LogP contribution in [-0.2, 0) is 6.54 Å². The molecular weight excluding hydrogens is 324 g/mol. The van der Waals surface area contributed by atoms with Crippen LogP contribution in [0.5, 0.6) is 0 Å². The molecule has 1 aliphatic rings. The molecule has 0 bridgehead atoms. The Morgan fingerprint density at radius 1 is 0.920 bits per heavy atom. The van der Waals surface area contributed by atoms with Crippen LogP contribution in [0.25, 0.3) is 0 Å². The Morgan fingerprint density at radius 3 is 2.40 bits per heavy atom. The average molecular weight is 346 g/mol. The molecule has 1 fully saturated rings. The van der Waals surface area contributed by atoms with E-state index in [0.717, 1.165) is 11.6 Å². The second-order valence-electron chi connectivity index (χ2n) is 6.46. The van der Waals surface area contributed by atoms with Crippen LogP contribution in [0.2, 0.25) is 0 Å². The maximum atomic E-state index is 4.70. The van der Waals surface area contributed by atoms with Gasteiger partial charge in [0.25, 0.3) is 0 Å². The van der Waals surface area contributed by atoms with Gasteiger partial charge in [-0.2, -0.15) is 0 Å². The fourth-order valence-corrected chi connectivity index (χ4v) is 4.25. The fourth-order valence-electron chi connectivity index (χ4n) is 3.47. The number of hydrogen-bond acceptors (Lipinski definition) is 3. The van der Waals surface area contributed by atoms with Crippen LogP contribution >= 0.6 is 11.8 Å². The Balaban J connectivity index is 1.45. The molecule has 0 spiro atoms. The first kappa shape index (κ1) is 16.4. The Morgan fingerprint density at radius 2 is 1.68 bits per heavy atom. The molecule has 4 rings (SSSR count). The van der Waals surface area contributed by atoms with Crippen LogP contribution in [-0.4, -0.2) is 16.4 Å². The van der Waals surface area contributed by atoms with Crippen molar-refractivity contribution in [1.29, 1.82) is 0 Å². The zero-order valence-corrected chi connectivity index (χ0v) is 15.0. The predicted molar refractivity (Wildman–Crippen MR) is 104 cm³/mol. The molecule has 0 amide bonds. The summed E-state index contributed by atoms with van der Waals surface area (Å²) in [5, 5.41) is 1.06. The van der Waals surface area contributed by atoms with E-state index in [4.69, 9.17) is 4.98 Å². The van der Waals surface area contributed by atoms with Gasteiger partial charge in [0.05, 0.1) is 0 Å². The van der Waals surface area contributed by atoms with E-state index in [0.29, 0.717) is 6.04 Å². The van der Waals surface area contributed by atoms with Crippen molar-refractivity contribution in [2.75, 3.05) is 6.54 Å². The van der Waals surface area contributed by atoms with Crippen molar-refractivity contribution in [3.63, 3.8) is 0 Å². The third-order valence-electron chi connectivity index (χ3n) is 4.70. The van der Waals surface area contributed by atoms with Gasteiger partial charge in [-0.1, -0.05) is 66.4 Å². The van der Waals surface area contributed by atoms with E-state index < -0.39 is 0 Å². The topological polar surface area (TPSA) is 16.1 Å². The molecule has 1 atom stereocenters. The molecule has 2 aromatic carbocycles. The molecule has 3 heteroatoms. The zero-order valence-electron chi connectivity index (χ0n) is 14.2. The lowest BCUT2D eigenvalue weighted by atomic mass is 10.1. The third-order valence-corrected chi connectivity index (χ3v) is 5.66. The first-order valence-corrected chi connectivity index (χ1v) is 9.67. The van der Waals surface area contributed by atoms with E-state index in [-0.39, 0.29) is 0 Å². The second-order valence-corrected chi connectivity index (χ2v) is 7.55. The van der Waals surface area contributed by atoms with Crippen molar-refractivity contribution >= 4 is 11.8 Å². The van der Waals surface area contributed by atoms with Gasteiger partial charge in [-0.15, -0.1) is 0 Å². The van der Waals surface area contributed by atoms with E-state index in [9.17, 15) is 0 Å². The molecule has 1 aromatic heterocycles. The molecule has 0 radical (unpaired) electrons. The number of nitrogens with zero attached hydrogens (tertiary/aromatic N) is 2. The lowest BCUT2D eigenvalue weighted by Crippen LogP contribution is -2.22. The van der Waals surface area contributed by atoms with E-state index >= 15 is 0 Å². The van der Waals surface area contributed by atoms with Crippen molar-refractivity contribution < 1.29 is 0 Å². The van der Waals surface area contributed by atoms with Crippen molar-refractivity contribution in [2.45, 2.75) is 35.3 Å². The summed E-state index contributed by atoms with van der Waals surface area (Å²) in [4.78, 5) is 8.51. The molecule has 0 aliphatic carbocycles. The standard InChI is InChI=1S/C22H22N2S/c1-3-8-18(9-4-1)17-24-15-7-12-21(24)19-13-14-22(23-16-19)25-20-10-5-2-6-11-20/h1-6,8-11,13-14,16,21H,7,12,15,17H2/t21-/m0/s1. The van der Waals surface area contributed by atoms with Crippen LogP contribution in [0.3, 0.4) is 0 Å². The second kappa shape index (κ2) is 7.85. The molecular formula is C22H22N2S. The van der Waals surface area contributed by atoms with Crippen molar-refractivity contribution in [1.82, 2.24) is 9.88 Å². The van der Waals surface area contributed by atoms with Gasteiger partial charge in [-0.05, 0) is 48.7 Å². The number of aromatic nitrogens is 1. The predicted octanol–water partition coefficient (Wildman–Crippen LogP) is 5.57. The van der Waals surface area contributed by atoms with Gasteiger partial charge in [0.15, 0.2) is 0 Å².